The third-order valence-corrected chi connectivity index (χ3v) is 5.12. The Hall–Kier alpha value is -3.68. The molecule has 0 fully saturated rings. The molecule has 2 heterocycles. The predicted molar refractivity (Wildman–Crippen MR) is 118 cm³/mol. The number of carbonyl (C=O) groups is 2. The second-order valence-electron chi connectivity index (χ2n) is 6.43. The van der Waals surface area contributed by atoms with E-state index in [-0.39, 0.29) is 22.0 Å². The molecule has 0 bridgehead atoms. The molecule has 2 amide bonds. The molecule has 0 atom stereocenters. The number of rotatable bonds is 5. The van der Waals surface area contributed by atoms with Crippen molar-refractivity contribution in [1.82, 2.24) is 10.1 Å². The van der Waals surface area contributed by atoms with Gasteiger partial charge in [0, 0.05) is 23.4 Å². The van der Waals surface area contributed by atoms with E-state index in [0.717, 1.165) is 0 Å². The molecule has 9 heteroatoms. The molecule has 0 aliphatic heterocycles. The first kappa shape index (κ1) is 20.6. The Balaban J connectivity index is 1.81. The largest absolute Gasteiger partial charge is 0.366 e. The first-order valence-electron chi connectivity index (χ1n) is 9.01. The molecule has 154 valence electrons. The number of halogens is 2. The summed E-state index contributed by atoms with van der Waals surface area (Å²) in [4.78, 5) is 30.5. The van der Waals surface area contributed by atoms with Gasteiger partial charge in [-0.05, 0) is 48.5 Å². The van der Waals surface area contributed by atoms with Gasteiger partial charge in [0.05, 0.1) is 33.2 Å². The Morgan fingerprint density at radius 2 is 1.77 bits per heavy atom. The van der Waals surface area contributed by atoms with E-state index in [1.54, 1.807) is 36.5 Å². The third kappa shape index (κ3) is 4.14. The van der Waals surface area contributed by atoms with Crippen LogP contribution in [0.15, 0.2) is 77.6 Å². The Labute approximate surface area is 187 Å². The fraction of sp³-hybridized carbons (Fsp3) is 0. The number of anilines is 2. The van der Waals surface area contributed by atoms with Crippen LogP contribution in [-0.4, -0.2) is 22.0 Å². The monoisotopic (exact) mass is 452 g/mol. The summed E-state index contributed by atoms with van der Waals surface area (Å²) < 4.78 is 5.26. The SMILES string of the molecule is NC(=O)c1ccc(C(=O)N(c2ccc(Cl)c(-c3ccccn3)c2)c2ccno2)cc1Cl. The van der Waals surface area contributed by atoms with Crippen LogP contribution in [0.5, 0.6) is 0 Å². The summed E-state index contributed by atoms with van der Waals surface area (Å²) in [5.41, 5.74) is 7.39. The minimum absolute atomic E-state index is 0.0705. The van der Waals surface area contributed by atoms with Crippen molar-refractivity contribution in [3.05, 3.63) is 94.2 Å². The van der Waals surface area contributed by atoms with Crippen molar-refractivity contribution in [3.63, 3.8) is 0 Å². The molecule has 4 aromatic rings. The summed E-state index contributed by atoms with van der Waals surface area (Å²) in [5, 5.41) is 4.25. The van der Waals surface area contributed by atoms with Gasteiger partial charge in [-0.3, -0.25) is 14.6 Å². The zero-order valence-electron chi connectivity index (χ0n) is 15.8. The van der Waals surface area contributed by atoms with Gasteiger partial charge in [0.2, 0.25) is 11.8 Å². The minimum Gasteiger partial charge on any atom is -0.366 e. The fourth-order valence-corrected chi connectivity index (χ4v) is 3.50. The Morgan fingerprint density at radius 1 is 0.935 bits per heavy atom. The molecule has 7 nitrogen and oxygen atoms in total. The van der Waals surface area contributed by atoms with E-state index in [1.165, 1.54) is 29.3 Å². The summed E-state index contributed by atoms with van der Waals surface area (Å²) in [5.74, 6) is -0.952. The van der Waals surface area contributed by atoms with Crippen molar-refractivity contribution in [1.29, 1.82) is 0 Å². The quantitative estimate of drug-likeness (QED) is 0.452. The van der Waals surface area contributed by atoms with E-state index in [4.69, 9.17) is 33.5 Å². The summed E-state index contributed by atoms with van der Waals surface area (Å²) in [6.07, 6.45) is 3.08. The molecule has 0 radical (unpaired) electrons. The standard InChI is InChI=1S/C22H14Cl2N4O3/c23-17-7-5-14(12-16(17)19-3-1-2-9-26-19)28(20-8-10-27-31-20)22(30)13-4-6-15(21(25)29)18(24)11-13/h1-12H,(H2,25,29). The Morgan fingerprint density at radius 3 is 2.42 bits per heavy atom. The van der Waals surface area contributed by atoms with Gasteiger partial charge in [0.1, 0.15) is 0 Å². The highest BCUT2D eigenvalue weighted by Crippen LogP contribution is 2.35. The van der Waals surface area contributed by atoms with E-state index >= 15 is 0 Å². The first-order valence-corrected chi connectivity index (χ1v) is 9.77. The van der Waals surface area contributed by atoms with Crippen LogP contribution in [0.3, 0.4) is 0 Å². The van der Waals surface area contributed by atoms with Crippen LogP contribution >= 0.6 is 23.2 Å². The molecule has 0 saturated heterocycles. The predicted octanol–water partition coefficient (Wildman–Crippen LogP) is 5.12. The number of carbonyl (C=O) groups excluding carboxylic acids is 2. The van der Waals surface area contributed by atoms with Crippen LogP contribution in [0.25, 0.3) is 11.3 Å². The fourth-order valence-electron chi connectivity index (χ4n) is 3.02. The highest BCUT2D eigenvalue weighted by atomic mass is 35.5. The molecule has 2 aromatic heterocycles. The van der Waals surface area contributed by atoms with Crippen molar-refractivity contribution in [2.24, 2.45) is 5.73 Å². The van der Waals surface area contributed by atoms with Crippen LogP contribution in [0.2, 0.25) is 10.0 Å². The van der Waals surface area contributed by atoms with Crippen molar-refractivity contribution in [2.45, 2.75) is 0 Å². The molecule has 0 saturated carbocycles. The number of amides is 2. The van der Waals surface area contributed by atoms with Gasteiger partial charge in [0.25, 0.3) is 5.91 Å². The molecule has 0 spiro atoms. The third-order valence-electron chi connectivity index (χ3n) is 4.48. The molecule has 4 rings (SSSR count). The first-order chi connectivity index (χ1) is 15.0. The van der Waals surface area contributed by atoms with Crippen molar-refractivity contribution >= 4 is 46.6 Å². The second-order valence-corrected chi connectivity index (χ2v) is 7.24. The van der Waals surface area contributed by atoms with Crippen molar-refractivity contribution in [2.75, 3.05) is 4.90 Å². The molecule has 0 unspecified atom stereocenters. The maximum atomic E-state index is 13.4. The van der Waals surface area contributed by atoms with Crippen LogP contribution in [0, 0.1) is 0 Å². The van der Waals surface area contributed by atoms with Gasteiger partial charge in [-0.15, -0.1) is 0 Å². The maximum Gasteiger partial charge on any atom is 0.265 e. The lowest BCUT2D eigenvalue weighted by Gasteiger charge is -2.21. The topological polar surface area (TPSA) is 102 Å². The van der Waals surface area contributed by atoms with Gasteiger partial charge in [-0.2, -0.15) is 0 Å². The summed E-state index contributed by atoms with van der Waals surface area (Å²) in [7, 11) is 0. The van der Waals surface area contributed by atoms with Crippen LogP contribution in [0.4, 0.5) is 11.6 Å². The van der Waals surface area contributed by atoms with Gasteiger partial charge in [-0.25, -0.2) is 4.90 Å². The number of nitrogens with zero attached hydrogens (tertiary/aromatic N) is 3. The molecular formula is C22H14Cl2N4O3. The van der Waals surface area contributed by atoms with E-state index in [2.05, 4.69) is 10.1 Å². The molecular weight excluding hydrogens is 439 g/mol. The number of nitrogens with two attached hydrogens (primary N) is 1. The van der Waals surface area contributed by atoms with Gasteiger partial charge in [-0.1, -0.05) is 34.4 Å². The molecule has 2 N–H and O–H groups in total. The summed E-state index contributed by atoms with van der Waals surface area (Å²) in [6.45, 7) is 0. The van der Waals surface area contributed by atoms with E-state index in [9.17, 15) is 9.59 Å². The highest BCUT2D eigenvalue weighted by Gasteiger charge is 2.25. The lowest BCUT2D eigenvalue weighted by atomic mass is 10.1. The summed E-state index contributed by atoms with van der Waals surface area (Å²) >= 11 is 12.5. The van der Waals surface area contributed by atoms with Crippen LogP contribution < -0.4 is 10.6 Å². The lowest BCUT2D eigenvalue weighted by molar-refractivity contribution is 0.0985. The van der Waals surface area contributed by atoms with Gasteiger partial charge < -0.3 is 10.3 Å². The summed E-state index contributed by atoms with van der Waals surface area (Å²) in [6, 6.07) is 16.3. The van der Waals surface area contributed by atoms with Crippen molar-refractivity contribution < 1.29 is 14.1 Å². The number of primary amides is 1. The zero-order valence-corrected chi connectivity index (χ0v) is 17.3. The Bertz CT molecular complexity index is 1260. The Kier molecular flexibility index (Phi) is 5.70. The van der Waals surface area contributed by atoms with Crippen LogP contribution in [0.1, 0.15) is 20.7 Å². The van der Waals surface area contributed by atoms with Crippen molar-refractivity contribution in [3.8, 4) is 11.3 Å². The molecule has 0 aliphatic carbocycles. The molecule has 0 aliphatic rings. The average molecular weight is 453 g/mol. The smallest absolute Gasteiger partial charge is 0.265 e. The molecule has 31 heavy (non-hydrogen) atoms. The normalized spacial score (nSPS) is 10.6. The lowest BCUT2D eigenvalue weighted by Crippen LogP contribution is -2.26. The highest BCUT2D eigenvalue weighted by molar-refractivity contribution is 6.34. The maximum absolute atomic E-state index is 13.4. The van der Waals surface area contributed by atoms with Gasteiger partial charge in [0.15, 0.2) is 0 Å². The number of hydrogen-bond acceptors (Lipinski definition) is 5. The van der Waals surface area contributed by atoms with E-state index in [1.807, 2.05) is 12.1 Å². The number of pyridine rings is 1. The van der Waals surface area contributed by atoms with E-state index < -0.39 is 11.8 Å². The number of benzene rings is 2. The zero-order chi connectivity index (χ0) is 22.0. The number of aromatic nitrogens is 2. The minimum atomic E-state index is -0.686. The number of hydrogen-bond donors (Lipinski definition) is 1. The van der Waals surface area contributed by atoms with Gasteiger partial charge >= 0.3 is 0 Å². The van der Waals surface area contributed by atoms with E-state index in [0.29, 0.717) is 22.0 Å². The average Bonchev–Trinajstić information content (AvgIpc) is 3.29. The van der Waals surface area contributed by atoms with Crippen LogP contribution in [-0.2, 0) is 0 Å². The second kappa shape index (κ2) is 8.59. The molecule has 2 aromatic carbocycles.